The van der Waals surface area contributed by atoms with Crippen LogP contribution >= 0.6 is 0 Å². The molecule has 0 radical (unpaired) electrons. The number of benzene rings is 3. The van der Waals surface area contributed by atoms with Gasteiger partial charge in [0.2, 0.25) is 0 Å². The Morgan fingerprint density at radius 2 is 1.71 bits per heavy atom. The first kappa shape index (κ1) is 25.9. The number of cyclic esters (lactones) is 1. The molecule has 0 aromatic heterocycles. The van der Waals surface area contributed by atoms with Crippen molar-refractivity contribution >= 4 is 6.09 Å². The van der Waals surface area contributed by atoms with E-state index in [0.29, 0.717) is 36.9 Å². The van der Waals surface area contributed by atoms with Crippen molar-refractivity contribution in [3.8, 4) is 11.1 Å². The van der Waals surface area contributed by atoms with Gasteiger partial charge in [0, 0.05) is 24.6 Å². The first-order valence-corrected chi connectivity index (χ1v) is 11.4. The summed E-state index contributed by atoms with van der Waals surface area (Å²) in [5, 5.41) is 2.82. The molecule has 8 heteroatoms. The van der Waals surface area contributed by atoms with Crippen molar-refractivity contribution in [2.24, 2.45) is 5.18 Å². The second-order valence-electron chi connectivity index (χ2n) is 8.20. The maximum atomic E-state index is 14.0. The van der Waals surface area contributed by atoms with Crippen LogP contribution in [0.2, 0.25) is 0 Å². The van der Waals surface area contributed by atoms with Crippen LogP contribution in [0.25, 0.3) is 11.1 Å². The van der Waals surface area contributed by atoms with E-state index in [1.54, 1.807) is 35.2 Å². The fraction of sp³-hybridized carbons (Fsp3) is 0.296. The van der Waals surface area contributed by atoms with Crippen LogP contribution in [-0.2, 0) is 4.74 Å². The Hall–Kier alpha value is -3.68. The molecule has 0 aliphatic carbocycles. The van der Waals surface area contributed by atoms with Crippen LogP contribution in [0.5, 0.6) is 0 Å². The molecule has 1 saturated heterocycles. The average molecular weight is 485 g/mol. The van der Waals surface area contributed by atoms with Crippen LogP contribution in [0.1, 0.15) is 37.8 Å². The molecule has 184 valence electrons. The highest BCUT2D eigenvalue weighted by atomic mass is 19.1. The van der Waals surface area contributed by atoms with E-state index in [4.69, 9.17) is 4.74 Å². The van der Waals surface area contributed by atoms with Crippen molar-refractivity contribution in [2.75, 3.05) is 13.1 Å². The summed E-state index contributed by atoms with van der Waals surface area (Å²) in [6, 6.07) is 18.4. The summed E-state index contributed by atoms with van der Waals surface area (Å²) in [4.78, 5) is 24.2. The maximum Gasteiger partial charge on any atom is 0.410 e. The van der Waals surface area contributed by atoms with Gasteiger partial charge in [-0.25, -0.2) is 18.0 Å². The lowest BCUT2D eigenvalue weighted by atomic mass is 9.99. The van der Waals surface area contributed by atoms with Crippen molar-refractivity contribution in [2.45, 2.75) is 38.3 Å². The van der Waals surface area contributed by atoms with Crippen molar-refractivity contribution in [1.29, 1.82) is 0 Å². The Morgan fingerprint density at radius 3 is 2.29 bits per heavy atom. The van der Waals surface area contributed by atoms with Crippen molar-refractivity contribution in [1.82, 2.24) is 4.90 Å². The molecule has 0 N–H and O–H groups in total. The number of halogens is 3. The summed E-state index contributed by atoms with van der Waals surface area (Å²) < 4.78 is 44.4. The van der Waals surface area contributed by atoms with Gasteiger partial charge in [0.15, 0.2) is 0 Å². The van der Waals surface area contributed by atoms with Crippen molar-refractivity contribution in [3.05, 3.63) is 101 Å². The van der Waals surface area contributed by atoms with Gasteiger partial charge in [-0.3, -0.25) is 0 Å². The Balaban J connectivity index is 0.000000420. The average Bonchev–Trinajstić information content (AvgIpc) is 2.85. The molecule has 0 spiro atoms. The smallest absolute Gasteiger partial charge is 0.410 e. The number of rotatable bonds is 7. The Kier molecular flexibility index (Phi) is 9.40. The predicted octanol–water partition coefficient (Wildman–Crippen LogP) is 7.28. The zero-order valence-electron chi connectivity index (χ0n) is 19.4. The monoisotopic (exact) mass is 484 g/mol. The number of nitrogens with zero attached hydrogens (tertiary/aromatic N) is 2. The third-order valence-electron chi connectivity index (χ3n) is 5.81. The van der Waals surface area contributed by atoms with Gasteiger partial charge in [-0.15, -0.1) is 0 Å². The van der Waals surface area contributed by atoms with Crippen molar-refractivity contribution in [3.63, 3.8) is 0 Å². The molecule has 1 aliphatic rings. The number of hydrogen-bond donors (Lipinski definition) is 0. The first-order valence-electron chi connectivity index (χ1n) is 11.4. The third-order valence-corrected chi connectivity index (χ3v) is 5.81. The van der Waals surface area contributed by atoms with Crippen LogP contribution in [-0.4, -0.2) is 30.2 Å². The summed E-state index contributed by atoms with van der Waals surface area (Å²) in [5.74, 6) is -1.41. The molecule has 3 aromatic rings. The lowest BCUT2D eigenvalue weighted by molar-refractivity contribution is 0.00951. The van der Waals surface area contributed by atoms with E-state index < -0.39 is 11.6 Å². The lowest BCUT2D eigenvalue weighted by Gasteiger charge is -2.35. The lowest BCUT2D eigenvalue weighted by Crippen LogP contribution is -2.43. The maximum absolute atomic E-state index is 14.0. The van der Waals surface area contributed by atoms with Gasteiger partial charge in [0.25, 0.3) is 0 Å². The van der Waals surface area contributed by atoms with Gasteiger partial charge >= 0.3 is 6.09 Å². The van der Waals surface area contributed by atoms with E-state index in [-0.39, 0.29) is 30.6 Å². The van der Waals surface area contributed by atoms with E-state index in [9.17, 15) is 22.9 Å². The summed E-state index contributed by atoms with van der Waals surface area (Å²) in [6.07, 6.45) is 1.39. The second kappa shape index (κ2) is 12.7. The summed E-state index contributed by atoms with van der Waals surface area (Å²) >= 11 is 0. The Labute approximate surface area is 202 Å². The molecular weight excluding hydrogens is 457 g/mol. The molecule has 1 aliphatic heterocycles. The van der Waals surface area contributed by atoms with Crippen LogP contribution < -0.4 is 0 Å². The fourth-order valence-electron chi connectivity index (χ4n) is 3.84. The molecule has 0 saturated carbocycles. The van der Waals surface area contributed by atoms with Crippen LogP contribution in [0, 0.1) is 22.4 Å². The quantitative estimate of drug-likeness (QED) is 0.262. The van der Waals surface area contributed by atoms with Gasteiger partial charge in [0.1, 0.15) is 23.6 Å². The first-order chi connectivity index (χ1) is 16.9. The normalized spacial score (nSPS) is 16.1. The number of nitroso groups, excluding NO2 is 1. The summed E-state index contributed by atoms with van der Waals surface area (Å²) in [6.45, 7) is 2.70. The number of carbonyl (C=O) groups excluding carboxylic acids is 1. The van der Waals surface area contributed by atoms with E-state index in [0.717, 1.165) is 11.6 Å². The Bertz CT molecular complexity index is 1110. The van der Waals surface area contributed by atoms with Crippen molar-refractivity contribution < 1.29 is 22.7 Å². The minimum absolute atomic E-state index is 0.178. The van der Waals surface area contributed by atoms with Crippen LogP contribution in [0.3, 0.4) is 0 Å². The topological polar surface area (TPSA) is 59.0 Å². The number of ether oxygens (including phenoxy) is 1. The molecule has 1 amide bonds. The molecule has 3 aromatic carbocycles. The minimum atomic E-state index is -0.615. The molecule has 2 unspecified atom stereocenters. The van der Waals surface area contributed by atoms with Crippen LogP contribution in [0.4, 0.5) is 18.0 Å². The van der Waals surface area contributed by atoms with Gasteiger partial charge in [-0.2, -0.15) is 4.91 Å². The second-order valence-corrected chi connectivity index (χ2v) is 8.20. The molecule has 0 bridgehead atoms. The predicted molar refractivity (Wildman–Crippen MR) is 128 cm³/mol. The molecule has 1 fully saturated rings. The third kappa shape index (κ3) is 7.40. The van der Waals surface area contributed by atoms with E-state index >= 15 is 0 Å². The zero-order valence-corrected chi connectivity index (χ0v) is 19.4. The highest BCUT2D eigenvalue weighted by Gasteiger charge is 2.30. The van der Waals surface area contributed by atoms with Gasteiger partial charge in [-0.1, -0.05) is 47.6 Å². The number of amides is 1. The molecule has 1 heterocycles. The Morgan fingerprint density at radius 1 is 1.00 bits per heavy atom. The van der Waals surface area contributed by atoms with Gasteiger partial charge < -0.3 is 9.64 Å². The molecule has 35 heavy (non-hydrogen) atoms. The standard InChI is InChI=1S/C21H22F2N2O3.C6H5F/c1-14(25-12-10-18(28-21(25)26)3-2-11-24-27)15-4-6-16(7-5-15)19-9-8-17(22)13-20(19)23;7-6-4-2-1-3-5-6/h4-9,13-14,18H,2-3,10-12H2,1H3;1-5H. The van der Waals surface area contributed by atoms with Gasteiger partial charge in [0.05, 0.1) is 12.6 Å². The molecule has 2 atom stereocenters. The van der Waals surface area contributed by atoms with Gasteiger partial charge in [-0.05, 0) is 55.2 Å². The molecular formula is C27H27F3N2O3. The minimum Gasteiger partial charge on any atom is -0.446 e. The number of carbonyl (C=O) groups is 1. The van der Waals surface area contributed by atoms with E-state index in [2.05, 4.69) is 5.18 Å². The summed E-state index contributed by atoms with van der Waals surface area (Å²) in [7, 11) is 0. The number of hydrogen-bond acceptors (Lipinski definition) is 4. The summed E-state index contributed by atoms with van der Waals surface area (Å²) in [5.41, 5.74) is 1.86. The highest BCUT2D eigenvalue weighted by molar-refractivity contribution is 5.69. The van der Waals surface area contributed by atoms with Crippen LogP contribution in [0.15, 0.2) is 78.0 Å². The largest absolute Gasteiger partial charge is 0.446 e. The highest BCUT2D eigenvalue weighted by Crippen LogP contribution is 2.29. The SMILES string of the molecule is CC(c1ccc(-c2ccc(F)cc2F)cc1)N1CCC(CCCN=O)OC1=O.Fc1ccccc1. The van der Waals surface area contributed by atoms with E-state index in [1.165, 1.54) is 24.3 Å². The zero-order chi connectivity index (χ0) is 25.2. The van der Waals surface area contributed by atoms with E-state index in [1.807, 2.05) is 19.1 Å². The molecule has 4 rings (SSSR count). The molecule has 5 nitrogen and oxygen atoms in total. The fourth-order valence-corrected chi connectivity index (χ4v) is 3.84.